The molecule has 0 fully saturated rings. The molecule has 0 atom stereocenters. The second kappa shape index (κ2) is 6.77. The van der Waals surface area contributed by atoms with Crippen LogP contribution in [0.4, 0.5) is 0 Å². The monoisotopic (exact) mass is 314 g/mol. The van der Waals surface area contributed by atoms with Crippen molar-refractivity contribution in [3.8, 4) is 5.75 Å². The van der Waals surface area contributed by atoms with Crippen LogP contribution in [0.5, 0.6) is 5.75 Å². The van der Waals surface area contributed by atoms with Crippen LogP contribution in [0.1, 0.15) is 26.3 Å². The molecule has 1 aromatic carbocycles. The van der Waals surface area contributed by atoms with Crippen molar-refractivity contribution in [1.82, 2.24) is 4.31 Å². The molecule has 5 nitrogen and oxygen atoms in total. The van der Waals surface area contributed by atoms with Gasteiger partial charge in [0.2, 0.25) is 10.0 Å². The first-order valence-corrected chi connectivity index (χ1v) is 8.47. The van der Waals surface area contributed by atoms with Crippen molar-refractivity contribution in [3.63, 3.8) is 0 Å². The smallest absolute Gasteiger partial charge is 0.243 e. The molecule has 0 heterocycles. The van der Waals surface area contributed by atoms with E-state index < -0.39 is 10.0 Å². The fourth-order valence-electron chi connectivity index (χ4n) is 2.07. The Hall–Kier alpha value is -1.11. The van der Waals surface area contributed by atoms with Crippen molar-refractivity contribution in [1.29, 1.82) is 0 Å². The SMILES string of the molecule is CCN(CC(C)(C)CN)S(=O)(=O)c1ccc(OC)c(C)c1. The highest BCUT2D eigenvalue weighted by Crippen LogP contribution is 2.25. The Kier molecular flexibility index (Phi) is 5.78. The zero-order valence-corrected chi connectivity index (χ0v) is 14.3. The number of benzene rings is 1. The van der Waals surface area contributed by atoms with E-state index in [2.05, 4.69) is 0 Å². The molecule has 120 valence electrons. The summed E-state index contributed by atoms with van der Waals surface area (Å²) in [5, 5.41) is 0. The molecular weight excluding hydrogens is 288 g/mol. The van der Waals surface area contributed by atoms with Crippen LogP contribution in [-0.2, 0) is 10.0 Å². The predicted octanol–water partition coefficient (Wildman–Crippen LogP) is 2.00. The van der Waals surface area contributed by atoms with Crippen LogP contribution < -0.4 is 10.5 Å². The van der Waals surface area contributed by atoms with Gasteiger partial charge in [-0.15, -0.1) is 0 Å². The van der Waals surface area contributed by atoms with E-state index in [0.29, 0.717) is 25.4 Å². The summed E-state index contributed by atoms with van der Waals surface area (Å²) in [7, 11) is -1.95. The van der Waals surface area contributed by atoms with Crippen LogP contribution in [-0.4, -0.2) is 39.5 Å². The van der Waals surface area contributed by atoms with Crippen molar-refractivity contribution >= 4 is 10.0 Å². The van der Waals surface area contributed by atoms with Crippen molar-refractivity contribution < 1.29 is 13.2 Å². The van der Waals surface area contributed by atoms with E-state index in [9.17, 15) is 8.42 Å². The maximum absolute atomic E-state index is 12.8. The Bertz CT molecular complexity index is 583. The zero-order valence-electron chi connectivity index (χ0n) is 13.5. The molecule has 21 heavy (non-hydrogen) atoms. The van der Waals surface area contributed by atoms with Crippen LogP contribution in [0.3, 0.4) is 0 Å². The van der Waals surface area contributed by atoms with Gasteiger partial charge in [0, 0.05) is 13.1 Å². The molecule has 2 N–H and O–H groups in total. The lowest BCUT2D eigenvalue weighted by molar-refractivity contribution is 0.273. The standard InChI is InChI=1S/C15H26N2O3S/c1-6-17(11-15(3,4)10-16)21(18,19)13-7-8-14(20-5)12(2)9-13/h7-9H,6,10-11,16H2,1-5H3. The Morgan fingerprint density at radius 2 is 1.95 bits per heavy atom. The summed E-state index contributed by atoms with van der Waals surface area (Å²) >= 11 is 0. The van der Waals surface area contributed by atoms with Gasteiger partial charge in [0.15, 0.2) is 0 Å². The Morgan fingerprint density at radius 3 is 2.38 bits per heavy atom. The topological polar surface area (TPSA) is 72.6 Å². The van der Waals surface area contributed by atoms with Crippen molar-refractivity contribution in [2.75, 3.05) is 26.7 Å². The number of hydrogen-bond donors (Lipinski definition) is 1. The molecule has 0 aromatic heterocycles. The first kappa shape index (κ1) is 17.9. The quantitative estimate of drug-likeness (QED) is 0.835. The summed E-state index contributed by atoms with van der Waals surface area (Å²) in [5.41, 5.74) is 6.25. The molecule has 0 spiro atoms. The van der Waals surface area contributed by atoms with Gasteiger partial charge in [0.1, 0.15) is 5.75 Å². The largest absolute Gasteiger partial charge is 0.496 e. The highest BCUT2D eigenvalue weighted by molar-refractivity contribution is 7.89. The second-order valence-corrected chi connectivity index (χ2v) is 7.87. The highest BCUT2D eigenvalue weighted by atomic mass is 32.2. The van der Waals surface area contributed by atoms with Crippen LogP contribution in [0.15, 0.2) is 23.1 Å². The van der Waals surface area contributed by atoms with Crippen molar-refractivity contribution in [2.24, 2.45) is 11.1 Å². The molecule has 0 amide bonds. The normalized spacial score (nSPS) is 12.7. The summed E-state index contributed by atoms with van der Waals surface area (Å²) in [4.78, 5) is 0.287. The van der Waals surface area contributed by atoms with Crippen LogP contribution >= 0.6 is 0 Å². The van der Waals surface area contributed by atoms with E-state index in [1.807, 2.05) is 27.7 Å². The zero-order chi connectivity index (χ0) is 16.3. The third-order valence-electron chi connectivity index (χ3n) is 3.51. The average molecular weight is 314 g/mol. The molecule has 0 radical (unpaired) electrons. The minimum atomic E-state index is -3.52. The van der Waals surface area contributed by atoms with Gasteiger partial charge in [-0.2, -0.15) is 4.31 Å². The summed E-state index contributed by atoms with van der Waals surface area (Å²) in [5.74, 6) is 0.680. The Morgan fingerprint density at radius 1 is 1.33 bits per heavy atom. The van der Waals surface area contributed by atoms with Crippen LogP contribution in [0, 0.1) is 12.3 Å². The third-order valence-corrected chi connectivity index (χ3v) is 5.43. The van der Waals surface area contributed by atoms with Gasteiger partial charge in [0.25, 0.3) is 0 Å². The van der Waals surface area contributed by atoms with Gasteiger partial charge in [-0.3, -0.25) is 0 Å². The molecule has 0 unspecified atom stereocenters. The van der Waals surface area contributed by atoms with E-state index in [0.717, 1.165) is 5.56 Å². The number of rotatable bonds is 7. The predicted molar refractivity (Wildman–Crippen MR) is 85.0 cm³/mol. The van der Waals surface area contributed by atoms with Crippen molar-refractivity contribution in [3.05, 3.63) is 23.8 Å². The molecule has 1 aromatic rings. The lowest BCUT2D eigenvalue weighted by Gasteiger charge is -2.30. The number of nitrogens with zero attached hydrogens (tertiary/aromatic N) is 1. The fourth-order valence-corrected chi connectivity index (χ4v) is 3.79. The maximum Gasteiger partial charge on any atom is 0.243 e. The second-order valence-electron chi connectivity index (χ2n) is 5.93. The van der Waals surface area contributed by atoms with Gasteiger partial charge < -0.3 is 10.5 Å². The number of methoxy groups -OCH3 is 1. The van der Waals surface area contributed by atoms with Crippen LogP contribution in [0.25, 0.3) is 0 Å². The van der Waals surface area contributed by atoms with Gasteiger partial charge in [-0.25, -0.2) is 8.42 Å². The number of ether oxygens (including phenoxy) is 1. The molecule has 0 aliphatic carbocycles. The molecule has 6 heteroatoms. The molecule has 1 rings (SSSR count). The molecule has 0 aliphatic rings. The van der Waals surface area contributed by atoms with Gasteiger partial charge in [0.05, 0.1) is 12.0 Å². The van der Waals surface area contributed by atoms with Gasteiger partial charge in [-0.1, -0.05) is 20.8 Å². The Labute approximate surface area is 128 Å². The van der Waals surface area contributed by atoms with Gasteiger partial charge >= 0.3 is 0 Å². The molecule has 0 saturated heterocycles. The van der Waals surface area contributed by atoms with E-state index in [1.165, 1.54) is 4.31 Å². The lowest BCUT2D eigenvalue weighted by Crippen LogP contribution is -2.41. The summed E-state index contributed by atoms with van der Waals surface area (Å²) < 4.78 is 32.2. The summed E-state index contributed by atoms with van der Waals surface area (Å²) in [6.45, 7) is 8.83. The number of hydrogen-bond acceptors (Lipinski definition) is 4. The van der Waals surface area contributed by atoms with Gasteiger partial charge in [-0.05, 0) is 42.6 Å². The molecule has 0 aliphatic heterocycles. The van der Waals surface area contributed by atoms with E-state index in [4.69, 9.17) is 10.5 Å². The number of nitrogens with two attached hydrogens (primary N) is 1. The first-order valence-electron chi connectivity index (χ1n) is 7.03. The van der Waals surface area contributed by atoms with Crippen LogP contribution in [0.2, 0.25) is 0 Å². The number of sulfonamides is 1. The molecular formula is C15H26N2O3S. The highest BCUT2D eigenvalue weighted by Gasteiger charge is 2.29. The summed E-state index contributed by atoms with van der Waals surface area (Å²) in [6, 6.07) is 4.91. The maximum atomic E-state index is 12.8. The van der Waals surface area contributed by atoms with E-state index in [-0.39, 0.29) is 10.3 Å². The van der Waals surface area contributed by atoms with E-state index >= 15 is 0 Å². The van der Waals surface area contributed by atoms with Crippen molar-refractivity contribution in [2.45, 2.75) is 32.6 Å². The number of aryl methyl sites for hydroxylation is 1. The third kappa shape index (κ3) is 4.18. The lowest BCUT2D eigenvalue weighted by atomic mass is 9.94. The minimum absolute atomic E-state index is 0.259. The first-order chi connectivity index (χ1) is 9.67. The summed E-state index contributed by atoms with van der Waals surface area (Å²) in [6.07, 6.45) is 0. The fraction of sp³-hybridized carbons (Fsp3) is 0.600. The van der Waals surface area contributed by atoms with E-state index in [1.54, 1.807) is 25.3 Å². The average Bonchev–Trinajstić information content (AvgIpc) is 2.44. The molecule has 0 saturated carbocycles. The molecule has 0 bridgehead atoms. The minimum Gasteiger partial charge on any atom is -0.496 e. The Balaban J connectivity index is 3.16.